The Balaban J connectivity index is 2.86. The lowest BCUT2D eigenvalue weighted by Crippen LogP contribution is -2.35. The van der Waals surface area contributed by atoms with E-state index >= 15 is 0 Å². The molecular weight excluding hydrogens is 230 g/mol. The zero-order valence-electron chi connectivity index (χ0n) is 11.5. The van der Waals surface area contributed by atoms with Crippen LogP contribution in [0.3, 0.4) is 0 Å². The van der Waals surface area contributed by atoms with Gasteiger partial charge in [-0.2, -0.15) is 5.26 Å². The predicted octanol–water partition coefficient (Wildman–Crippen LogP) is 1.48. The van der Waals surface area contributed by atoms with Crippen molar-refractivity contribution >= 4 is 5.91 Å². The fraction of sp³-hybridized carbons (Fsp3) is 0.667. The van der Waals surface area contributed by atoms with Crippen molar-refractivity contribution in [2.45, 2.75) is 45.6 Å². The first-order chi connectivity index (χ1) is 8.27. The average molecular weight is 249 g/mol. The van der Waals surface area contributed by atoms with Gasteiger partial charge < -0.3 is 4.90 Å². The number of nitrogens with one attached hydrogen (secondary N) is 1. The van der Waals surface area contributed by atoms with Gasteiger partial charge in [0.1, 0.15) is 5.82 Å². The van der Waals surface area contributed by atoms with Gasteiger partial charge in [0.2, 0.25) is 5.82 Å². The third-order valence-corrected chi connectivity index (χ3v) is 2.76. The highest BCUT2D eigenvalue weighted by atomic mass is 16.2. The Bertz CT molecular complexity index is 466. The van der Waals surface area contributed by atoms with Gasteiger partial charge in [-0.05, 0) is 6.92 Å². The minimum atomic E-state index is -0.274. The van der Waals surface area contributed by atoms with Gasteiger partial charge in [-0.15, -0.1) is 5.10 Å². The van der Waals surface area contributed by atoms with E-state index < -0.39 is 0 Å². The standard InChI is InChI=1S/C12H19N5O/c1-8(6-7-13)17(5)10(18)9-14-11(16-15-9)12(2,3)4/h8H,6H2,1-5H3,(H,14,15,16). The molecule has 0 aliphatic heterocycles. The van der Waals surface area contributed by atoms with E-state index in [4.69, 9.17) is 5.26 Å². The molecule has 1 aromatic rings. The number of carbonyl (C=O) groups excluding carboxylic acids is 1. The molecule has 0 bridgehead atoms. The molecule has 18 heavy (non-hydrogen) atoms. The molecule has 1 N–H and O–H groups in total. The van der Waals surface area contributed by atoms with E-state index in [-0.39, 0.29) is 23.2 Å². The number of hydrogen-bond acceptors (Lipinski definition) is 4. The molecule has 1 unspecified atom stereocenters. The summed E-state index contributed by atoms with van der Waals surface area (Å²) in [6.45, 7) is 7.79. The van der Waals surface area contributed by atoms with Crippen LogP contribution in [0.15, 0.2) is 0 Å². The van der Waals surface area contributed by atoms with Crippen molar-refractivity contribution in [3.63, 3.8) is 0 Å². The predicted molar refractivity (Wildman–Crippen MR) is 66.9 cm³/mol. The van der Waals surface area contributed by atoms with Crippen LogP contribution >= 0.6 is 0 Å². The van der Waals surface area contributed by atoms with Gasteiger partial charge in [0, 0.05) is 18.5 Å². The van der Waals surface area contributed by atoms with Crippen LogP contribution in [0.25, 0.3) is 0 Å². The van der Waals surface area contributed by atoms with Gasteiger partial charge >= 0.3 is 0 Å². The highest BCUT2D eigenvalue weighted by Gasteiger charge is 2.24. The minimum absolute atomic E-state index is 0.146. The van der Waals surface area contributed by atoms with E-state index in [1.54, 1.807) is 7.05 Å². The Morgan fingerprint density at radius 3 is 2.61 bits per heavy atom. The molecule has 0 aliphatic rings. The molecule has 1 heterocycles. The van der Waals surface area contributed by atoms with Gasteiger partial charge in [0.05, 0.1) is 12.5 Å². The number of rotatable bonds is 3. The Hall–Kier alpha value is -1.90. The summed E-state index contributed by atoms with van der Waals surface area (Å²) in [4.78, 5) is 17.8. The average Bonchev–Trinajstić information content (AvgIpc) is 2.76. The highest BCUT2D eigenvalue weighted by Crippen LogP contribution is 2.17. The molecule has 0 spiro atoms. The van der Waals surface area contributed by atoms with E-state index in [0.717, 1.165) is 0 Å². The molecule has 6 nitrogen and oxygen atoms in total. The molecular formula is C12H19N5O. The largest absolute Gasteiger partial charge is 0.335 e. The number of nitriles is 1. The number of amides is 1. The molecule has 0 saturated carbocycles. The van der Waals surface area contributed by atoms with Crippen LogP contribution in [0, 0.1) is 11.3 Å². The maximum absolute atomic E-state index is 12.1. The van der Waals surface area contributed by atoms with E-state index in [1.807, 2.05) is 33.8 Å². The van der Waals surface area contributed by atoms with Crippen LogP contribution in [-0.4, -0.2) is 39.1 Å². The maximum atomic E-state index is 12.1. The quantitative estimate of drug-likeness (QED) is 0.879. The molecule has 1 aromatic heterocycles. The van der Waals surface area contributed by atoms with Crippen molar-refractivity contribution in [3.05, 3.63) is 11.6 Å². The van der Waals surface area contributed by atoms with Gasteiger partial charge in [0.25, 0.3) is 5.91 Å². The third-order valence-electron chi connectivity index (χ3n) is 2.76. The molecule has 1 amide bonds. The Kier molecular flexibility index (Phi) is 4.07. The Labute approximate surface area is 107 Å². The molecule has 0 radical (unpaired) electrons. The lowest BCUT2D eigenvalue weighted by atomic mass is 9.96. The number of nitrogens with zero attached hydrogens (tertiary/aromatic N) is 4. The topological polar surface area (TPSA) is 85.7 Å². The molecule has 0 aromatic carbocycles. The van der Waals surface area contributed by atoms with E-state index in [1.165, 1.54) is 4.90 Å². The number of carbonyl (C=O) groups is 1. The normalized spacial score (nSPS) is 12.9. The summed E-state index contributed by atoms with van der Waals surface area (Å²) < 4.78 is 0. The monoisotopic (exact) mass is 249 g/mol. The summed E-state index contributed by atoms with van der Waals surface area (Å²) in [5, 5.41) is 15.3. The van der Waals surface area contributed by atoms with Gasteiger partial charge in [-0.1, -0.05) is 20.8 Å². The first kappa shape index (κ1) is 14.2. The van der Waals surface area contributed by atoms with Crippen molar-refractivity contribution in [1.29, 1.82) is 5.26 Å². The van der Waals surface area contributed by atoms with Crippen LogP contribution < -0.4 is 0 Å². The van der Waals surface area contributed by atoms with Crippen LogP contribution in [-0.2, 0) is 5.41 Å². The molecule has 0 saturated heterocycles. The summed E-state index contributed by atoms with van der Waals surface area (Å²) in [5.74, 6) is 0.545. The smallest absolute Gasteiger partial charge is 0.293 e. The van der Waals surface area contributed by atoms with Gasteiger partial charge in [0.15, 0.2) is 0 Å². The molecule has 98 valence electrons. The van der Waals surface area contributed by atoms with Gasteiger partial charge in [-0.25, -0.2) is 4.98 Å². The summed E-state index contributed by atoms with van der Waals surface area (Å²) in [6.07, 6.45) is 0.290. The van der Waals surface area contributed by atoms with Gasteiger partial charge in [-0.3, -0.25) is 9.89 Å². The van der Waals surface area contributed by atoms with E-state index in [2.05, 4.69) is 15.2 Å². The van der Waals surface area contributed by atoms with Crippen molar-refractivity contribution in [2.75, 3.05) is 7.05 Å². The fourth-order valence-corrected chi connectivity index (χ4v) is 1.32. The zero-order valence-corrected chi connectivity index (χ0v) is 11.5. The van der Waals surface area contributed by atoms with Crippen LogP contribution in [0.4, 0.5) is 0 Å². The number of aromatic nitrogens is 3. The molecule has 6 heteroatoms. The summed E-state index contributed by atoms with van der Waals surface area (Å²) in [6, 6.07) is 1.89. The molecule has 0 fully saturated rings. The zero-order chi connectivity index (χ0) is 13.9. The first-order valence-electron chi connectivity index (χ1n) is 5.84. The molecule has 1 atom stereocenters. The first-order valence-corrected chi connectivity index (χ1v) is 5.84. The molecule has 0 aliphatic carbocycles. The summed E-state index contributed by atoms with van der Waals surface area (Å²) in [5.41, 5.74) is -0.178. The maximum Gasteiger partial charge on any atom is 0.293 e. The number of aromatic amines is 1. The SMILES string of the molecule is CC(CC#N)N(C)C(=O)c1n[nH]c(C(C)(C)C)n1. The van der Waals surface area contributed by atoms with Crippen molar-refractivity contribution < 1.29 is 4.79 Å². The second-order valence-corrected chi connectivity index (χ2v) is 5.38. The second-order valence-electron chi connectivity index (χ2n) is 5.38. The van der Waals surface area contributed by atoms with E-state index in [9.17, 15) is 4.79 Å². The van der Waals surface area contributed by atoms with E-state index in [0.29, 0.717) is 12.2 Å². The summed E-state index contributed by atoms with van der Waals surface area (Å²) in [7, 11) is 1.65. The van der Waals surface area contributed by atoms with Crippen LogP contribution in [0.5, 0.6) is 0 Å². The lowest BCUT2D eigenvalue weighted by molar-refractivity contribution is 0.0734. The van der Waals surface area contributed by atoms with Crippen molar-refractivity contribution in [2.24, 2.45) is 0 Å². The second kappa shape index (κ2) is 5.17. The van der Waals surface area contributed by atoms with Crippen molar-refractivity contribution in [1.82, 2.24) is 20.1 Å². The fourth-order valence-electron chi connectivity index (χ4n) is 1.32. The molecule has 1 rings (SSSR count). The Morgan fingerprint density at radius 2 is 2.17 bits per heavy atom. The minimum Gasteiger partial charge on any atom is -0.335 e. The Morgan fingerprint density at radius 1 is 1.56 bits per heavy atom. The summed E-state index contributed by atoms with van der Waals surface area (Å²) >= 11 is 0. The van der Waals surface area contributed by atoms with Crippen molar-refractivity contribution in [3.8, 4) is 6.07 Å². The van der Waals surface area contributed by atoms with Crippen LogP contribution in [0.2, 0.25) is 0 Å². The lowest BCUT2D eigenvalue weighted by Gasteiger charge is -2.21. The number of H-pyrrole nitrogens is 1. The third kappa shape index (κ3) is 3.06. The highest BCUT2D eigenvalue weighted by molar-refractivity contribution is 5.90. The van der Waals surface area contributed by atoms with Crippen LogP contribution in [0.1, 0.15) is 50.6 Å². The number of hydrogen-bond donors (Lipinski definition) is 1.